The van der Waals surface area contributed by atoms with Gasteiger partial charge in [-0.15, -0.1) is 0 Å². The van der Waals surface area contributed by atoms with Crippen LogP contribution in [0.1, 0.15) is 12.5 Å². The Morgan fingerprint density at radius 1 is 1.19 bits per heavy atom. The lowest BCUT2D eigenvalue weighted by atomic mass is 10.2. The van der Waals surface area contributed by atoms with Gasteiger partial charge in [0.15, 0.2) is 10.6 Å². The maximum absolute atomic E-state index is 5.84. The minimum Gasteiger partial charge on any atom is -0.492 e. The molecule has 7 heteroatoms. The van der Waals surface area contributed by atoms with Crippen LogP contribution in [0.25, 0.3) is 11.4 Å². The smallest absolute Gasteiger partial charge is 0.199 e. The number of rotatable bonds is 8. The first-order valence-electron chi connectivity index (χ1n) is 9.04. The van der Waals surface area contributed by atoms with E-state index < -0.39 is 0 Å². The van der Waals surface area contributed by atoms with Crippen molar-refractivity contribution in [3.63, 3.8) is 0 Å². The summed E-state index contributed by atoms with van der Waals surface area (Å²) in [5.41, 5.74) is 2.21. The van der Waals surface area contributed by atoms with E-state index in [-0.39, 0.29) is 0 Å². The molecule has 3 aromatic rings. The Bertz CT molecular complexity index is 935. The molecule has 0 radical (unpaired) electrons. The number of nitrogens with zero attached hydrogens (tertiary/aromatic N) is 5. The minimum absolute atomic E-state index is 0.610. The Kier molecular flexibility index (Phi) is 6.36. The van der Waals surface area contributed by atoms with Crippen molar-refractivity contribution in [2.24, 2.45) is 0 Å². The van der Waals surface area contributed by atoms with Crippen molar-refractivity contribution in [1.29, 1.82) is 0 Å². The van der Waals surface area contributed by atoms with Crippen LogP contribution >= 0.6 is 12.2 Å². The van der Waals surface area contributed by atoms with Crippen molar-refractivity contribution in [2.45, 2.75) is 27.1 Å². The summed E-state index contributed by atoms with van der Waals surface area (Å²) in [4.78, 5) is 6.22. The van der Waals surface area contributed by atoms with Crippen LogP contribution in [-0.2, 0) is 13.2 Å². The lowest BCUT2D eigenvalue weighted by Gasteiger charge is -2.16. The third-order valence-corrected chi connectivity index (χ3v) is 4.72. The quantitative estimate of drug-likeness (QED) is 0.554. The summed E-state index contributed by atoms with van der Waals surface area (Å²) in [7, 11) is 2.04. The van der Waals surface area contributed by atoms with E-state index in [4.69, 9.17) is 22.1 Å². The maximum atomic E-state index is 5.84. The summed E-state index contributed by atoms with van der Waals surface area (Å²) in [5.74, 6) is 1.77. The summed E-state index contributed by atoms with van der Waals surface area (Å²) in [6.07, 6.45) is 3.54. The second kappa shape index (κ2) is 8.92. The van der Waals surface area contributed by atoms with E-state index in [1.54, 1.807) is 12.4 Å². The van der Waals surface area contributed by atoms with E-state index in [2.05, 4.69) is 29.8 Å². The Morgan fingerprint density at radius 3 is 2.67 bits per heavy atom. The zero-order valence-corrected chi connectivity index (χ0v) is 16.8. The molecule has 0 atom stereocenters. The van der Waals surface area contributed by atoms with Crippen molar-refractivity contribution >= 4 is 12.2 Å². The fourth-order valence-electron chi connectivity index (χ4n) is 2.86. The topological polar surface area (TPSA) is 48.1 Å². The van der Waals surface area contributed by atoms with E-state index in [0.29, 0.717) is 13.3 Å². The molecule has 0 aliphatic rings. The molecule has 0 fully saturated rings. The van der Waals surface area contributed by atoms with Gasteiger partial charge in [-0.3, -0.25) is 9.88 Å². The molecule has 0 spiro atoms. The average molecular weight is 384 g/mol. The van der Waals surface area contributed by atoms with E-state index >= 15 is 0 Å². The molecule has 0 aliphatic heterocycles. The second-order valence-electron chi connectivity index (χ2n) is 6.47. The van der Waals surface area contributed by atoms with Gasteiger partial charge in [-0.25, -0.2) is 4.68 Å². The van der Waals surface area contributed by atoms with Crippen molar-refractivity contribution < 1.29 is 4.74 Å². The van der Waals surface area contributed by atoms with Crippen molar-refractivity contribution in [3.8, 4) is 17.1 Å². The van der Waals surface area contributed by atoms with Gasteiger partial charge in [0.25, 0.3) is 0 Å². The molecule has 0 saturated heterocycles. The third-order valence-electron chi connectivity index (χ3n) is 4.28. The summed E-state index contributed by atoms with van der Waals surface area (Å²) in [5, 5.41) is 4.73. The highest BCUT2D eigenvalue weighted by molar-refractivity contribution is 7.71. The van der Waals surface area contributed by atoms with Gasteiger partial charge < -0.3 is 9.30 Å². The lowest BCUT2D eigenvalue weighted by molar-refractivity contribution is 0.197. The van der Waals surface area contributed by atoms with Crippen molar-refractivity contribution in [1.82, 2.24) is 24.2 Å². The number of ether oxygens (including phenoxy) is 1. The van der Waals surface area contributed by atoms with Crippen LogP contribution in [-0.4, -0.2) is 44.4 Å². The zero-order chi connectivity index (χ0) is 19.2. The number of likely N-dealkylation sites (N-methyl/N-ethyl adjacent to an activating group) is 1. The monoisotopic (exact) mass is 383 g/mol. The Labute approximate surface area is 165 Å². The molecule has 1 aromatic carbocycles. The Balaban J connectivity index is 1.65. The van der Waals surface area contributed by atoms with Gasteiger partial charge in [0, 0.05) is 31.0 Å². The second-order valence-corrected chi connectivity index (χ2v) is 6.84. The molecule has 3 rings (SSSR count). The SMILES string of the molecule is CCn1c(-c2ccncc2)nn(CN(C)CCOc2cccc(C)c2)c1=S. The van der Waals surface area contributed by atoms with E-state index in [1.807, 2.05) is 46.6 Å². The molecule has 0 saturated carbocycles. The van der Waals surface area contributed by atoms with Crippen LogP contribution in [0.4, 0.5) is 0 Å². The van der Waals surface area contributed by atoms with Gasteiger partial charge in [0.05, 0.1) is 6.67 Å². The highest BCUT2D eigenvalue weighted by Crippen LogP contribution is 2.17. The Morgan fingerprint density at radius 2 is 1.96 bits per heavy atom. The predicted molar refractivity (Wildman–Crippen MR) is 109 cm³/mol. The molecule has 0 bridgehead atoms. The van der Waals surface area contributed by atoms with Crippen LogP contribution in [0.5, 0.6) is 5.75 Å². The highest BCUT2D eigenvalue weighted by atomic mass is 32.1. The molecule has 2 heterocycles. The molecule has 27 heavy (non-hydrogen) atoms. The maximum Gasteiger partial charge on any atom is 0.199 e. The predicted octanol–water partition coefficient (Wildman–Crippen LogP) is 3.77. The van der Waals surface area contributed by atoms with Gasteiger partial charge in [0.2, 0.25) is 0 Å². The van der Waals surface area contributed by atoms with Gasteiger partial charge in [-0.05, 0) is 62.9 Å². The normalized spacial score (nSPS) is 11.1. The van der Waals surface area contributed by atoms with Gasteiger partial charge >= 0.3 is 0 Å². The van der Waals surface area contributed by atoms with Crippen molar-refractivity contribution in [3.05, 3.63) is 59.1 Å². The zero-order valence-electron chi connectivity index (χ0n) is 16.0. The van der Waals surface area contributed by atoms with E-state index in [0.717, 1.165) is 35.0 Å². The molecule has 6 nitrogen and oxygen atoms in total. The average Bonchev–Trinajstić information content (AvgIpc) is 2.98. The van der Waals surface area contributed by atoms with Crippen LogP contribution in [0.15, 0.2) is 48.8 Å². The van der Waals surface area contributed by atoms with Gasteiger partial charge in [0.1, 0.15) is 12.4 Å². The summed E-state index contributed by atoms with van der Waals surface area (Å²) >= 11 is 5.62. The summed E-state index contributed by atoms with van der Waals surface area (Å²) in [6.45, 7) is 6.91. The number of benzene rings is 1. The summed E-state index contributed by atoms with van der Waals surface area (Å²) in [6, 6.07) is 12.0. The molecule has 0 unspecified atom stereocenters. The van der Waals surface area contributed by atoms with E-state index in [1.165, 1.54) is 5.56 Å². The lowest BCUT2D eigenvalue weighted by Crippen LogP contribution is -2.27. The fraction of sp³-hybridized carbons (Fsp3) is 0.350. The standard InChI is InChI=1S/C20H25N5OS/c1-4-24-19(17-8-10-21-11-9-17)22-25(20(24)27)15-23(3)12-13-26-18-7-5-6-16(2)14-18/h5-11,14H,4,12-13,15H2,1-3H3. The van der Waals surface area contributed by atoms with Crippen LogP contribution < -0.4 is 4.74 Å². The number of hydrogen-bond acceptors (Lipinski definition) is 5. The molecular weight excluding hydrogens is 358 g/mol. The Hall–Kier alpha value is -2.51. The van der Waals surface area contributed by atoms with Gasteiger partial charge in [-0.2, -0.15) is 5.10 Å². The molecule has 2 aromatic heterocycles. The van der Waals surface area contributed by atoms with Gasteiger partial charge in [-0.1, -0.05) is 12.1 Å². The number of hydrogen-bond donors (Lipinski definition) is 0. The largest absolute Gasteiger partial charge is 0.492 e. The highest BCUT2D eigenvalue weighted by Gasteiger charge is 2.12. The first kappa shape index (κ1) is 19.3. The third kappa shape index (κ3) is 4.81. The number of aryl methyl sites for hydroxylation is 1. The molecule has 0 amide bonds. The first-order valence-corrected chi connectivity index (χ1v) is 9.45. The minimum atomic E-state index is 0.610. The molecule has 0 aliphatic carbocycles. The fourth-order valence-corrected chi connectivity index (χ4v) is 3.17. The first-order chi connectivity index (χ1) is 13.1. The number of pyridine rings is 1. The van der Waals surface area contributed by atoms with E-state index in [9.17, 15) is 0 Å². The van der Waals surface area contributed by atoms with Crippen LogP contribution in [0.3, 0.4) is 0 Å². The number of aromatic nitrogens is 4. The molecule has 0 N–H and O–H groups in total. The van der Waals surface area contributed by atoms with Crippen LogP contribution in [0, 0.1) is 11.7 Å². The molecule has 142 valence electrons. The van der Waals surface area contributed by atoms with Crippen LogP contribution in [0.2, 0.25) is 0 Å². The van der Waals surface area contributed by atoms with Crippen molar-refractivity contribution in [2.75, 3.05) is 20.2 Å². The summed E-state index contributed by atoms with van der Waals surface area (Å²) < 4.78 is 10.5. The molecular formula is C20H25N5OS.